The fraction of sp³-hybridized carbons (Fsp3) is 0.333. The van der Waals surface area contributed by atoms with Crippen molar-refractivity contribution in [1.29, 1.82) is 0 Å². The van der Waals surface area contributed by atoms with Crippen molar-refractivity contribution in [3.8, 4) is 0 Å². The summed E-state index contributed by atoms with van der Waals surface area (Å²) in [5.74, 6) is -0.347. The number of halogens is 1. The summed E-state index contributed by atoms with van der Waals surface area (Å²) in [6.45, 7) is 0.205. The van der Waals surface area contributed by atoms with Gasteiger partial charge in [-0.05, 0) is 5.57 Å². The number of nitrogens with two attached hydrogens (primary N) is 2. The highest BCUT2D eigenvalue weighted by molar-refractivity contribution is 6.11. The Morgan fingerprint density at radius 2 is 2.27 bits per heavy atom. The van der Waals surface area contributed by atoms with E-state index >= 15 is 0 Å². The number of carbonyl (C=O) groups excluding carboxylic acids is 1. The Labute approximate surface area is 87.7 Å². The molecule has 0 aliphatic carbocycles. The number of hydrogen-bond donors (Lipinski definition) is 3. The van der Waals surface area contributed by atoms with Crippen LogP contribution in [-0.2, 0) is 4.79 Å². The Morgan fingerprint density at radius 1 is 1.60 bits per heavy atom. The molecule has 0 spiro atoms. The number of likely N-dealkylation sites (N-methyl/N-ethyl adjacent to an activating group) is 1. The summed E-state index contributed by atoms with van der Waals surface area (Å²) in [4.78, 5) is 14.9. The van der Waals surface area contributed by atoms with Crippen molar-refractivity contribution in [3.63, 3.8) is 0 Å². The normalized spacial score (nSPS) is 13.3. The molecule has 0 atom stereocenters. The van der Waals surface area contributed by atoms with Crippen molar-refractivity contribution >= 4 is 12.1 Å². The molecule has 6 heteroatoms. The van der Waals surface area contributed by atoms with Gasteiger partial charge in [0, 0.05) is 26.0 Å². The second-order valence-corrected chi connectivity index (χ2v) is 2.64. The monoisotopic (exact) mass is 214 g/mol. The van der Waals surface area contributed by atoms with E-state index in [-0.39, 0.29) is 24.6 Å². The van der Waals surface area contributed by atoms with Crippen LogP contribution in [0.3, 0.4) is 0 Å². The number of nitrogens with one attached hydrogen (secondary N) is 1. The summed E-state index contributed by atoms with van der Waals surface area (Å²) in [6.07, 6.45) is 2.81. The van der Waals surface area contributed by atoms with E-state index in [4.69, 9.17) is 11.5 Å². The number of aliphatic imine (C=N–C) groups is 1. The van der Waals surface area contributed by atoms with Crippen LogP contribution in [0.15, 0.2) is 28.7 Å². The molecule has 0 rings (SSSR count). The highest BCUT2D eigenvalue weighted by atomic mass is 19.1. The minimum atomic E-state index is -0.347. The summed E-state index contributed by atoms with van der Waals surface area (Å²) in [5.41, 5.74) is 11.0. The molecule has 0 unspecified atom stereocenters. The standard InChI is InChI=1S/C9H15FN4O/c1-13-9(15)8(4-12)6-14-5-7(2-10)3-11/h2,4,6H,3,5,11-12H2,1H3,(H,13,15)/b7-2+,8-4?,14-6?. The van der Waals surface area contributed by atoms with Gasteiger partial charge in [-0.2, -0.15) is 0 Å². The van der Waals surface area contributed by atoms with E-state index in [9.17, 15) is 9.18 Å². The molecule has 84 valence electrons. The smallest absolute Gasteiger partial charge is 0.254 e. The SMILES string of the molecule is CNC(=O)C(C=NC/C(=C/F)CN)=CN. The van der Waals surface area contributed by atoms with Gasteiger partial charge in [-0.1, -0.05) is 0 Å². The van der Waals surface area contributed by atoms with Gasteiger partial charge < -0.3 is 16.8 Å². The van der Waals surface area contributed by atoms with E-state index in [1.807, 2.05) is 0 Å². The van der Waals surface area contributed by atoms with Gasteiger partial charge in [0.1, 0.15) is 0 Å². The number of amides is 1. The van der Waals surface area contributed by atoms with E-state index in [0.717, 1.165) is 6.20 Å². The van der Waals surface area contributed by atoms with Crippen molar-refractivity contribution < 1.29 is 9.18 Å². The first-order valence-electron chi connectivity index (χ1n) is 4.31. The molecule has 0 radical (unpaired) electrons. The van der Waals surface area contributed by atoms with Crippen LogP contribution in [0.2, 0.25) is 0 Å². The molecular weight excluding hydrogens is 199 g/mol. The van der Waals surface area contributed by atoms with E-state index in [1.54, 1.807) is 0 Å². The Hall–Kier alpha value is -1.69. The van der Waals surface area contributed by atoms with Crippen LogP contribution < -0.4 is 16.8 Å². The molecule has 0 aromatic heterocycles. The van der Waals surface area contributed by atoms with Crippen molar-refractivity contribution in [2.75, 3.05) is 20.1 Å². The largest absolute Gasteiger partial charge is 0.404 e. The molecule has 0 heterocycles. The van der Waals surface area contributed by atoms with Gasteiger partial charge in [0.15, 0.2) is 0 Å². The van der Waals surface area contributed by atoms with Gasteiger partial charge in [0.25, 0.3) is 5.91 Å². The topological polar surface area (TPSA) is 93.5 Å². The van der Waals surface area contributed by atoms with Crippen molar-refractivity contribution in [3.05, 3.63) is 23.7 Å². The van der Waals surface area contributed by atoms with Crippen LogP contribution in [0.25, 0.3) is 0 Å². The van der Waals surface area contributed by atoms with Gasteiger partial charge in [0.05, 0.1) is 18.4 Å². The minimum absolute atomic E-state index is 0.0927. The van der Waals surface area contributed by atoms with Gasteiger partial charge in [-0.3, -0.25) is 9.79 Å². The Kier molecular flexibility index (Phi) is 6.82. The Bertz CT molecular complexity index is 296. The lowest BCUT2D eigenvalue weighted by molar-refractivity contribution is -0.116. The van der Waals surface area contributed by atoms with E-state index < -0.39 is 0 Å². The number of nitrogens with zero attached hydrogens (tertiary/aromatic N) is 1. The van der Waals surface area contributed by atoms with Crippen molar-refractivity contribution in [2.24, 2.45) is 16.5 Å². The third-order valence-corrected chi connectivity index (χ3v) is 1.61. The molecule has 0 saturated carbocycles. The van der Waals surface area contributed by atoms with Crippen LogP contribution in [0.1, 0.15) is 0 Å². The Morgan fingerprint density at radius 3 is 2.67 bits per heavy atom. The molecule has 0 aliphatic rings. The number of carbonyl (C=O) groups is 1. The van der Waals surface area contributed by atoms with Crippen molar-refractivity contribution in [1.82, 2.24) is 5.32 Å². The quantitative estimate of drug-likeness (QED) is 0.423. The summed E-state index contributed by atoms with van der Waals surface area (Å²) >= 11 is 0. The maximum Gasteiger partial charge on any atom is 0.254 e. The average Bonchev–Trinajstić information content (AvgIpc) is 2.28. The molecule has 0 saturated heterocycles. The fourth-order valence-electron chi connectivity index (χ4n) is 0.727. The van der Waals surface area contributed by atoms with E-state index in [1.165, 1.54) is 13.3 Å². The van der Waals surface area contributed by atoms with Crippen LogP contribution in [0.4, 0.5) is 4.39 Å². The highest BCUT2D eigenvalue weighted by Gasteiger charge is 2.02. The fourth-order valence-corrected chi connectivity index (χ4v) is 0.727. The summed E-state index contributed by atoms with van der Waals surface area (Å²) in [6, 6.07) is 0. The maximum absolute atomic E-state index is 12.1. The van der Waals surface area contributed by atoms with E-state index in [2.05, 4.69) is 10.3 Å². The van der Waals surface area contributed by atoms with Crippen LogP contribution in [0, 0.1) is 0 Å². The molecule has 0 aliphatic heterocycles. The van der Waals surface area contributed by atoms with Crippen LogP contribution in [0.5, 0.6) is 0 Å². The molecule has 0 aromatic rings. The van der Waals surface area contributed by atoms with Crippen LogP contribution >= 0.6 is 0 Å². The second-order valence-electron chi connectivity index (χ2n) is 2.64. The molecular formula is C9H15FN4O. The minimum Gasteiger partial charge on any atom is -0.404 e. The zero-order valence-corrected chi connectivity index (χ0v) is 8.53. The molecule has 5 N–H and O–H groups in total. The first-order chi connectivity index (χ1) is 7.19. The van der Waals surface area contributed by atoms with Crippen LogP contribution in [-0.4, -0.2) is 32.3 Å². The summed E-state index contributed by atoms with van der Waals surface area (Å²) in [5, 5.41) is 2.39. The molecule has 1 amide bonds. The first kappa shape index (κ1) is 13.3. The zero-order valence-electron chi connectivity index (χ0n) is 8.53. The third-order valence-electron chi connectivity index (χ3n) is 1.61. The lowest BCUT2D eigenvalue weighted by atomic mass is 10.3. The molecule has 0 fully saturated rings. The zero-order chi connectivity index (χ0) is 11.7. The lowest BCUT2D eigenvalue weighted by Gasteiger charge is -1.99. The van der Waals surface area contributed by atoms with Gasteiger partial charge >= 0.3 is 0 Å². The van der Waals surface area contributed by atoms with Gasteiger partial charge in [0.2, 0.25) is 0 Å². The predicted octanol–water partition coefficient (Wildman–Crippen LogP) is -0.542. The highest BCUT2D eigenvalue weighted by Crippen LogP contribution is 1.94. The lowest BCUT2D eigenvalue weighted by Crippen LogP contribution is -2.21. The summed E-state index contributed by atoms with van der Waals surface area (Å²) in [7, 11) is 1.48. The average molecular weight is 214 g/mol. The molecule has 0 aromatic carbocycles. The van der Waals surface area contributed by atoms with Crippen molar-refractivity contribution in [2.45, 2.75) is 0 Å². The molecule has 0 bridgehead atoms. The summed E-state index contributed by atoms with van der Waals surface area (Å²) < 4.78 is 12.1. The predicted molar refractivity (Wildman–Crippen MR) is 57.9 cm³/mol. The first-order valence-corrected chi connectivity index (χ1v) is 4.31. The second kappa shape index (κ2) is 7.69. The number of rotatable bonds is 5. The number of hydrogen-bond acceptors (Lipinski definition) is 4. The molecule has 5 nitrogen and oxygen atoms in total. The van der Waals surface area contributed by atoms with E-state index in [0.29, 0.717) is 11.9 Å². The van der Waals surface area contributed by atoms with Gasteiger partial charge in [-0.15, -0.1) is 0 Å². The third kappa shape index (κ3) is 4.92. The molecule has 15 heavy (non-hydrogen) atoms. The van der Waals surface area contributed by atoms with Gasteiger partial charge in [-0.25, -0.2) is 4.39 Å². The Balaban J connectivity index is 4.33. The maximum atomic E-state index is 12.1.